The number of alkyl halides is 1. The molecule has 4 atom stereocenters. The lowest BCUT2D eigenvalue weighted by atomic mass is 10.2. The van der Waals surface area contributed by atoms with Crippen molar-refractivity contribution in [3.8, 4) is 0 Å². The van der Waals surface area contributed by atoms with E-state index in [9.17, 15) is 14.7 Å². The molecular weight excluding hydrogens is 240 g/mol. The molecule has 92 valence electrons. The normalized spacial score (nSPS) is 33.5. The van der Waals surface area contributed by atoms with Crippen LogP contribution in [-0.4, -0.2) is 47.5 Å². The van der Waals surface area contributed by atoms with Crippen LogP contribution in [0.5, 0.6) is 0 Å². The van der Waals surface area contributed by atoms with Gasteiger partial charge in [-0.05, 0) is 0 Å². The molecule has 1 aliphatic heterocycles. The van der Waals surface area contributed by atoms with Crippen LogP contribution in [0.1, 0.15) is 13.8 Å². The van der Waals surface area contributed by atoms with Crippen molar-refractivity contribution in [2.75, 3.05) is 6.61 Å². The molecule has 7 heteroatoms. The lowest BCUT2D eigenvalue weighted by Gasteiger charge is -2.18. The second-order valence-electron chi connectivity index (χ2n) is 3.39. The van der Waals surface area contributed by atoms with Gasteiger partial charge in [-0.25, -0.2) is 0 Å². The minimum absolute atomic E-state index is 0.117. The summed E-state index contributed by atoms with van der Waals surface area (Å²) in [5, 5.41) is 8.46. The Hall–Kier alpha value is -0.850. The second-order valence-corrected chi connectivity index (χ2v) is 3.89. The Morgan fingerprint density at radius 3 is 2.50 bits per heavy atom. The number of carbonyl (C=O) groups excluding carboxylic acids is 2. The van der Waals surface area contributed by atoms with E-state index in [0.29, 0.717) is 0 Å². The van der Waals surface area contributed by atoms with Gasteiger partial charge in [-0.15, -0.1) is 11.6 Å². The van der Waals surface area contributed by atoms with Gasteiger partial charge in [0.1, 0.15) is 18.1 Å². The van der Waals surface area contributed by atoms with Crippen molar-refractivity contribution in [3.63, 3.8) is 0 Å². The van der Waals surface area contributed by atoms with E-state index in [0.717, 1.165) is 0 Å². The Labute approximate surface area is 97.4 Å². The molecule has 0 aromatic carbocycles. The Morgan fingerprint density at radius 1 is 1.38 bits per heavy atom. The molecule has 0 radical (unpaired) electrons. The Balaban J connectivity index is 2.59. The lowest BCUT2D eigenvalue weighted by molar-refractivity contribution is -0.159. The third-order valence-electron chi connectivity index (χ3n) is 2.02. The Kier molecular flexibility index (Phi) is 4.52. The van der Waals surface area contributed by atoms with Gasteiger partial charge in [-0.1, -0.05) is 0 Å². The first-order valence-electron chi connectivity index (χ1n) is 4.70. The summed E-state index contributed by atoms with van der Waals surface area (Å²) in [4.78, 5) is 21.4. The highest BCUT2D eigenvalue weighted by Crippen LogP contribution is 2.27. The molecule has 0 aliphatic carbocycles. The SMILES string of the molecule is CC(=O)OC[C@H]1O[C@H](O)[C@@H](Cl)[C@@H]1OC(C)=O. The third-order valence-corrected chi connectivity index (χ3v) is 2.48. The van der Waals surface area contributed by atoms with Gasteiger partial charge >= 0.3 is 11.9 Å². The smallest absolute Gasteiger partial charge is 0.303 e. The van der Waals surface area contributed by atoms with Crippen molar-refractivity contribution < 1.29 is 28.9 Å². The van der Waals surface area contributed by atoms with E-state index in [4.69, 9.17) is 25.8 Å². The van der Waals surface area contributed by atoms with Crippen molar-refractivity contribution in [1.82, 2.24) is 0 Å². The zero-order chi connectivity index (χ0) is 12.3. The quantitative estimate of drug-likeness (QED) is 0.554. The molecular formula is C9H13ClO6. The number of hydrogen-bond acceptors (Lipinski definition) is 6. The predicted octanol–water partition coefficient (Wildman–Crippen LogP) is -0.194. The van der Waals surface area contributed by atoms with Gasteiger partial charge in [0.2, 0.25) is 0 Å². The molecule has 6 nitrogen and oxygen atoms in total. The maximum Gasteiger partial charge on any atom is 0.303 e. The summed E-state index contributed by atoms with van der Waals surface area (Å²) < 4.78 is 14.6. The molecule has 1 N–H and O–H groups in total. The maximum atomic E-state index is 10.8. The van der Waals surface area contributed by atoms with E-state index in [-0.39, 0.29) is 6.61 Å². The standard InChI is InChI=1S/C9H13ClO6/c1-4(11)14-3-6-8(15-5(2)12)7(10)9(13)16-6/h6-9,13H,3H2,1-2H3/t6-,7+,8-,9+/m1/s1. The average molecular weight is 253 g/mol. The lowest BCUT2D eigenvalue weighted by Crippen LogP contribution is -2.36. The molecule has 16 heavy (non-hydrogen) atoms. The first kappa shape index (κ1) is 13.2. The predicted molar refractivity (Wildman–Crippen MR) is 52.7 cm³/mol. The van der Waals surface area contributed by atoms with Crippen LogP contribution < -0.4 is 0 Å². The van der Waals surface area contributed by atoms with E-state index < -0.39 is 35.8 Å². The molecule has 0 bridgehead atoms. The van der Waals surface area contributed by atoms with E-state index in [2.05, 4.69) is 0 Å². The minimum Gasteiger partial charge on any atom is -0.463 e. The summed E-state index contributed by atoms with van der Waals surface area (Å²) in [5.74, 6) is -1.03. The fourth-order valence-electron chi connectivity index (χ4n) is 1.37. The van der Waals surface area contributed by atoms with Crippen molar-refractivity contribution in [1.29, 1.82) is 0 Å². The molecule has 0 saturated carbocycles. The Bertz CT molecular complexity index is 281. The van der Waals surface area contributed by atoms with Crippen LogP contribution >= 0.6 is 11.6 Å². The maximum absolute atomic E-state index is 10.8. The molecule has 0 aromatic rings. The van der Waals surface area contributed by atoms with Crippen LogP contribution in [0, 0.1) is 0 Å². The first-order valence-corrected chi connectivity index (χ1v) is 5.13. The van der Waals surface area contributed by atoms with Gasteiger partial charge in [0.25, 0.3) is 0 Å². The van der Waals surface area contributed by atoms with Crippen molar-refractivity contribution in [2.45, 2.75) is 37.7 Å². The second kappa shape index (κ2) is 5.47. The summed E-state index contributed by atoms with van der Waals surface area (Å²) in [6.45, 7) is 2.34. The Morgan fingerprint density at radius 2 is 2.00 bits per heavy atom. The number of hydrogen-bond donors (Lipinski definition) is 1. The van der Waals surface area contributed by atoms with Gasteiger partial charge in [-0.3, -0.25) is 9.59 Å². The zero-order valence-corrected chi connectivity index (χ0v) is 9.64. The number of aliphatic hydroxyl groups is 1. The highest BCUT2D eigenvalue weighted by atomic mass is 35.5. The van der Waals surface area contributed by atoms with Crippen molar-refractivity contribution >= 4 is 23.5 Å². The van der Waals surface area contributed by atoms with E-state index in [1.807, 2.05) is 0 Å². The third kappa shape index (κ3) is 3.33. The van der Waals surface area contributed by atoms with Crippen molar-refractivity contribution in [2.24, 2.45) is 0 Å². The van der Waals surface area contributed by atoms with Crippen LogP contribution in [0.3, 0.4) is 0 Å². The highest BCUT2D eigenvalue weighted by Gasteiger charge is 2.45. The van der Waals surface area contributed by atoms with Crippen LogP contribution in [0.4, 0.5) is 0 Å². The molecule has 1 heterocycles. The number of rotatable bonds is 3. The van der Waals surface area contributed by atoms with Crippen LogP contribution in [0.25, 0.3) is 0 Å². The number of halogens is 1. The fourth-order valence-corrected chi connectivity index (χ4v) is 1.64. The van der Waals surface area contributed by atoms with E-state index >= 15 is 0 Å². The summed E-state index contributed by atoms with van der Waals surface area (Å²) >= 11 is 5.79. The summed E-state index contributed by atoms with van der Waals surface area (Å²) in [7, 11) is 0. The van der Waals surface area contributed by atoms with Gasteiger partial charge in [0.15, 0.2) is 12.4 Å². The van der Waals surface area contributed by atoms with Crippen molar-refractivity contribution in [3.05, 3.63) is 0 Å². The van der Waals surface area contributed by atoms with E-state index in [1.54, 1.807) is 0 Å². The number of aliphatic hydroxyl groups excluding tert-OH is 1. The molecule has 1 saturated heterocycles. The zero-order valence-electron chi connectivity index (χ0n) is 8.88. The molecule has 0 unspecified atom stereocenters. The molecule has 1 aliphatic rings. The number of esters is 2. The largest absolute Gasteiger partial charge is 0.463 e. The van der Waals surface area contributed by atoms with Gasteiger partial charge in [-0.2, -0.15) is 0 Å². The number of carbonyl (C=O) groups is 2. The minimum atomic E-state index is -1.24. The monoisotopic (exact) mass is 252 g/mol. The van der Waals surface area contributed by atoms with Crippen LogP contribution in [0.2, 0.25) is 0 Å². The van der Waals surface area contributed by atoms with Gasteiger partial charge < -0.3 is 19.3 Å². The fraction of sp³-hybridized carbons (Fsp3) is 0.778. The van der Waals surface area contributed by atoms with Crippen LogP contribution in [-0.2, 0) is 23.8 Å². The van der Waals surface area contributed by atoms with Crippen LogP contribution in [0.15, 0.2) is 0 Å². The summed E-state index contributed by atoms with van der Waals surface area (Å²) in [5.41, 5.74) is 0. The first-order chi connectivity index (χ1) is 7.41. The average Bonchev–Trinajstić information content (AvgIpc) is 2.42. The van der Waals surface area contributed by atoms with E-state index in [1.165, 1.54) is 13.8 Å². The number of ether oxygens (including phenoxy) is 3. The highest BCUT2D eigenvalue weighted by molar-refractivity contribution is 6.21. The molecule has 0 amide bonds. The molecule has 1 rings (SSSR count). The molecule has 0 spiro atoms. The summed E-state index contributed by atoms with van der Waals surface area (Å²) in [6.07, 6.45) is -2.81. The topological polar surface area (TPSA) is 82.1 Å². The summed E-state index contributed by atoms with van der Waals surface area (Å²) in [6, 6.07) is 0. The molecule has 0 aromatic heterocycles. The molecule has 1 fully saturated rings. The van der Waals surface area contributed by atoms with Gasteiger partial charge in [0.05, 0.1) is 0 Å². The van der Waals surface area contributed by atoms with Gasteiger partial charge in [0, 0.05) is 13.8 Å².